The first-order valence-electron chi connectivity index (χ1n) is 4.42. The van der Waals surface area contributed by atoms with Crippen LogP contribution in [-0.4, -0.2) is 22.0 Å². The molecule has 0 spiro atoms. The van der Waals surface area contributed by atoms with E-state index in [1.807, 2.05) is 6.92 Å². The predicted octanol–water partition coefficient (Wildman–Crippen LogP) is 1.23. The van der Waals surface area contributed by atoms with E-state index in [4.69, 9.17) is 10.8 Å². The van der Waals surface area contributed by atoms with Crippen LogP contribution in [-0.2, 0) is 11.2 Å². The lowest BCUT2D eigenvalue weighted by atomic mass is 10.2. The second-order valence-electron chi connectivity index (χ2n) is 2.93. The summed E-state index contributed by atoms with van der Waals surface area (Å²) >= 11 is 5.69. The second-order valence-corrected chi connectivity index (χ2v) is 4.51. The zero-order valence-electron chi connectivity index (χ0n) is 8.44. The molecule has 16 heavy (non-hydrogen) atoms. The molecule has 1 aromatic rings. The van der Waals surface area contributed by atoms with Crippen LogP contribution in [0.2, 0.25) is 0 Å². The van der Waals surface area contributed by atoms with Crippen molar-refractivity contribution in [2.45, 2.75) is 13.3 Å². The number of anilines is 1. The highest BCUT2D eigenvalue weighted by Crippen LogP contribution is 2.28. The van der Waals surface area contributed by atoms with E-state index in [1.165, 1.54) is 17.4 Å². The first-order chi connectivity index (χ1) is 7.45. The number of amides is 1. The quantitative estimate of drug-likeness (QED) is 0.709. The highest BCUT2D eigenvalue weighted by molar-refractivity contribution is 7.82. The molecular formula is C9H10N2O3S2. The monoisotopic (exact) mass is 258 g/mol. The number of carboxylic acids is 1. The largest absolute Gasteiger partial charge is 0.478 e. The molecule has 5 nitrogen and oxygen atoms in total. The Bertz CT molecular complexity index is 454. The van der Waals surface area contributed by atoms with Crippen LogP contribution >= 0.6 is 23.6 Å². The summed E-state index contributed by atoms with van der Waals surface area (Å²) in [6.45, 7) is 1.90. The van der Waals surface area contributed by atoms with E-state index in [0.717, 1.165) is 4.88 Å². The predicted molar refractivity (Wildman–Crippen MR) is 66.1 cm³/mol. The lowest BCUT2D eigenvalue weighted by Crippen LogP contribution is -2.28. The zero-order chi connectivity index (χ0) is 12.3. The number of hydrogen-bond acceptors (Lipinski definition) is 4. The van der Waals surface area contributed by atoms with Gasteiger partial charge in [0.1, 0.15) is 5.00 Å². The highest BCUT2D eigenvalue weighted by Gasteiger charge is 2.17. The molecule has 0 fully saturated rings. The number of hydrogen-bond donors (Lipinski definition) is 3. The molecule has 0 aliphatic heterocycles. The minimum atomic E-state index is -1.09. The average Bonchev–Trinajstić information content (AvgIpc) is 2.61. The van der Waals surface area contributed by atoms with Gasteiger partial charge >= 0.3 is 5.97 Å². The fourth-order valence-corrected chi connectivity index (χ4v) is 2.07. The van der Waals surface area contributed by atoms with Gasteiger partial charge in [-0.25, -0.2) is 4.79 Å². The van der Waals surface area contributed by atoms with Gasteiger partial charge in [0.2, 0.25) is 0 Å². The summed E-state index contributed by atoms with van der Waals surface area (Å²) in [5, 5.41) is 11.6. The Labute approximate surface area is 101 Å². The molecule has 86 valence electrons. The summed E-state index contributed by atoms with van der Waals surface area (Å²) < 4.78 is 0. The van der Waals surface area contributed by atoms with Crippen LogP contribution in [0, 0.1) is 0 Å². The van der Waals surface area contributed by atoms with Crippen molar-refractivity contribution in [3.05, 3.63) is 16.5 Å². The van der Waals surface area contributed by atoms with Crippen molar-refractivity contribution in [1.29, 1.82) is 0 Å². The maximum Gasteiger partial charge on any atom is 0.338 e. The van der Waals surface area contributed by atoms with Gasteiger partial charge in [-0.2, -0.15) is 0 Å². The number of aryl methyl sites for hydroxylation is 1. The molecule has 0 saturated heterocycles. The Morgan fingerprint density at radius 3 is 2.69 bits per heavy atom. The van der Waals surface area contributed by atoms with Gasteiger partial charge in [0.15, 0.2) is 4.99 Å². The number of carbonyl (C=O) groups is 2. The van der Waals surface area contributed by atoms with Crippen molar-refractivity contribution in [1.82, 2.24) is 0 Å². The first kappa shape index (κ1) is 12.6. The van der Waals surface area contributed by atoms with Crippen LogP contribution in [0.25, 0.3) is 0 Å². The molecule has 0 saturated carbocycles. The molecule has 0 aliphatic carbocycles. The number of nitrogens with one attached hydrogen (secondary N) is 1. The second kappa shape index (κ2) is 5.04. The van der Waals surface area contributed by atoms with Gasteiger partial charge in [-0.05, 0) is 12.5 Å². The molecule has 1 amide bonds. The minimum Gasteiger partial charge on any atom is -0.478 e. The number of carboxylic acid groups (broad SMARTS) is 1. The Morgan fingerprint density at radius 2 is 2.25 bits per heavy atom. The highest BCUT2D eigenvalue weighted by atomic mass is 32.1. The fourth-order valence-electron chi connectivity index (χ4n) is 1.03. The van der Waals surface area contributed by atoms with Gasteiger partial charge in [0.05, 0.1) is 5.56 Å². The van der Waals surface area contributed by atoms with E-state index in [2.05, 4.69) is 17.5 Å². The number of carbonyl (C=O) groups excluding carboxylic acids is 1. The molecule has 0 atom stereocenters. The molecule has 1 aromatic heterocycles. The number of thiocarbonyl (C=S) groups is 1. The van der Waals surface area contributed by atoms with E-state index in [1.54, 1.807) is 0 Å². The zero-order valence-corrected chi connectivity index (χ0v) is 10.1. The van der Waals surface area contributed by atoms with Gasteiger partial charge in [-0.3, -0.25) is 4.79 Å². The molecule has 1 rings (SSSR count). The Morgan fingerprint density at radius 1 is 1.62 bits per heavy atom. The molecule has 0 radical (unpaired) electrons. The van der Waals surface area contributed by atoms with Crippen LogP contribution in [0.15, 0.2) is 6.07 Å². The molecule has 1 heterocycles. The third-order valence-electron chi connectivity index (χ3n) is 1.81. The SMILES string of the molecule is CCc1cc(C(=O)O)c(NC(=O)C(N)=S)s1. The van der Waals surface area contributed by atoms with Gasteiger partial charge < -0.3 is 16.2 Å². The molecule has 7 heteroatoms. The van der Waals surface area contributed by atoms with E-state index >= 15 is 0 Å². The summed E-state index contributed by atoms with van der Waals surface area (Å²) in [7, 11) is 0. The van der Waals surface area contributed by atoms with Gasteiger partial charge in [0.25, 0.3) is 5.91 Å². The van der Waals surface area contributed by atoms with Crippen LogP contribution in [0.5, 0.6) is 0 Å². The molecule has 0 bridgehead atoms. The van der Waals surface area contributed by atoms with Crippen LogP contribution in [0.3, 0.4) is 0 Å². The lowest BCUT2D eigenvalue weighted by molar-refractivity contribution is -0.110. The number of rotatable bonds is 3. The maximum absolute atomic E-state index is 11.2. The third kappa shape index (κ3) is 2.77. The van der Waals surface area contributed by atoms with E-state index in [9.17, 15) is 9.59 Å². The normalized spacial score (nSPS) is 9.81. The lowest BCUT2D eigenvalue weighted by Gasteiger charge is -2.01. The van der Waals surface area contributed by atoms with Gasteiger partial charge in [-0.15, -0.1) is 11.3 Å². The topological polar surface area (TPSA) is 92.4 Å². The van der Waals surface area contributed by atoms with E-state index < -0.39 is 11.9 Å². The average molecular weight is 258 g/mol. The van der Waals surface area contributed by atoms with Crippen molar-refractivity contribution >= 4 is 45.4 Å². The minimum absolute atomic E-state index is 0.0615. The van der Waals surface area contributed by atoms with Crippen LogP contribution in [0.1, 0.15) is 22.2 Å². The Balaban J connectivity index is 3.02. The molecular weight excluding hydrogens is 248 g/mol. The van der Waals surface area contributed by atoms with Crippen LogP contribution < -0.4 is 11.1 Å². The molecule has 0 aromatic carbocycles. The first-order valence-corrected chi connectivity index (χ1v) is 5.65. The Kier molecular flexibility index (Phi) is 3.97. The molecule has 4 N–H and O–H groups in total. The Hall–Kier alpha value is -1.47. The van der Waals surface area contributed by atoms with Crippen molar-refractivity contribution in [3.8, 4) is 0 Å². The standard InChI is InChI=1S/C9H10N2O3S2/c1-2-4-3-5(9(13)14)8(16-4)11-7(12)6(10)15/h3H,2H2,1H3,(H2,10,15)(H,11,12)(H,13,14). The number of aromatic carboxylic acids is 1. The maximum atomic E-state index is 11.2. The summed E-state index contributed by atoms with van der Waals surface area (Å²) in [6.07, 6.45) is 0.702. The summed E-state index contributed by atoms with van der Waals surface area (Å²) in [4.78, 5) is 22.7. The van der Waals surface area contributed by atoms with E-state index in [-0.39, 0.29) is 15.6 Å². The van der Waals surface area contributed by atoms with Gasteiger partial charge in [0, 0.05) is 4.88 Å². The summed E-state index contributed by atoms with van der Waals surface area (Å²) in [5.74, 6) is -1.74. The van der Waals surface area contributed by atoms with Crippen LogP contribution in [0.4, 0.5) is 5.00 Å². The summed E-state index contributed by atoms with van der Waals surface area (Å²) in [6, 6.07) is 1.53. The number of nitrogens with two attached hydrogens (primary N) is 1. The van der Waals surface area contributed by atoms with Crippen molar-refractivity contribution < 1.29 is 14.7 Å². The number of thiophene rings is 1. The van der Waals surface area contributed by atoms with Gasteiger partial charge in [-0.1, -0.05) is 19.1 Å². The van der Waals surface area contributed by atoms with Crippen molar-refractivity contribution in [2.24, 2.45) is 5.73 Å². The molecule has 0 unspecified atom stereocenters. The fraction of sp³-hybridized carbons (Fsp3) is 0.222. The van der Waals surface area contributed by atoms with E-state index in [0.29, 0.717) is 6.42 Å². The molecule has 0 aliphatic rings. The summed E-state index contributed by atoms with van der Waals surface area (Å²) in [5.41, 5.74) is 5.19. The smallest absolute Gasteiger partial charge is 0.338 e. The third-order valence-corrected chi connectivity index (χ3v) is 3.19. The van der Waals surface area contributed by atoms with Crippen molar-refractivity contribution in [3.63, 3.8) is 0 Å². The van der Waals surface area contributed by atoms with Crippen molar-refractivity contribution in [2.75, 3.05) is 5.32 Å².